The fraction of sp³-hybridized carbons (Fsp3) is 0.0714. The number of nitro groups is 1. The second kappa shape index (κ2) is 5.88. The van der Waals surface area contributed by atoms with Gasteiger partial charge in [-0.3, -0.25) is 10.1 Å². The van der Waals surface area contributed by atoms with Crippen molar-refractivity contribution in [2.24, 2.45) is 0 Å². The predicted molar refractivity (Wildman–Crippen MR) is 73.2 cm³/mol. The Hall–Kier alpha value is -3.14. The van der Waals surface area contributed by atoms with Crippen LogP contribution in [-0.4, -0.2) is 10.0 Å². The first kappa shape index (κ1) is 14.3. The molecule has 0 saturated carbocycles. The number of anilines is 1. The zero-order valence-corrected chi connectivity index (χ0v) is 10.7. The van der Waals surface area contributed by atoms with Crippen molar-refractivity contribution in [3.05, 3.63) is 63.5 Å². The third-order valence-corrected chi connectivity index (χ3v) is 2.83. The molecule has 0 unspecified atom stereocenters. The molecule has 0 heterocycles. The Kier molecular flexibility index (Phi) is 4.00. The van der Waals surface area contributed by atoms with E-state index in [1.807, 2.05) is 6.07 Å². The third-order valence-electron chi connectivity index (χ3n) is 2.83. The van der Waals surface area contributed by atoms with Crippen LogP contribution < -0.4 is 5.32 Å². The van der Waals surface area contributed by atoms with Crippen molar-refractivity contribution in [1.82, 2.24) is 0 Å². The number of nitrogens with one attached hydrogen (secondary N) is 1. The van der Waals surface area contributed by atoms with Gasteiger partial charge in [0.15, 0.2) is 0 Å². The number of aromatic hydroxyl groups is 1. The molecule has 2 rings (SSSR count). The lowest BCUT2D eigenvalue weighted by atomic mass is 10.1. The van der Waals surface area contributed by atoms with Crippen LogP contribution in [0.4, 0.5) is 15.8 Å². The summed E-state index contributed by atoms with van der Waals surface area (Å²) >= 11 is 0. The molecule has 2 aromatic rings. The van der Waals surface area contributed by atoms with E-state index in [1.54, 1.807) is 0 Å². The lowest BCUT2D eigenvalue weighted by Crippen LogP contribution is -2.03. The molecule has 7 heteroatoms. The van der Waals surface area contributed by atoms with Crippen LogP contribution in [0.3, 0.4) is 0 Å². The standard InChI is InChI=1S/C14H10FN3O3/c15-11-2-4-14(19)10(6-11)8-17-12-3-1-9(7-16)5-13(12)18(20)21/h1-6,17,19H,8H2. The number of nitriles is 1. The molecular weight excluding hydrogens is 277 g/mol. The first-order valence-electron chi connectivity index (χ1n) is 5.91. The van der Waals surface area contributed by atoms with Crippen LogP contribution in [0, 0.1) is 27.3 Å². The van der Waals surface area contributed by atoms with E-state index in [0.717, 1.165) is 18.2 Å². The van der Waals surface area contributed by atoms with Gasteiger partial charge in [0.05, 0.1) is 16.6 Å². The highest BCUT2D eigenvalue weighted by atomic mass is 19.1. The molecule has 0 atom stereocenters. The molecule has 0 bridgehead atoms. The largest absolute Gasteiger partial charge is 0.508 e. The number of nitrogens with zero attached hydrogens (tertiary/aromatic N) is 2. The Balaban J connectivity index is 2.26. The molecule has 6 nitrogen and oxygen atoms in total. The molecule has 106 valence electrons. The molecule has 0 fully saturated rings. The minimum Gasteiger partial charge on any atom is -0.508 e. The average Bonchev–Trinajstić information content (AvgIpc) is 2.48. The highest BCUT2D eigenvalue weighted by Crippen LogP contribution is 2.27. The normalized spacial score (nSPS) is 9.90. The molecule has 0 radical (unpaired) electrons. The first-order chi connectivity index (χ1) is 10.0. The number of benzene rings is 2. The smallest absolute Gasteiger partial charge is 0.293 e. The second-order valence-electron chi connectivity index (χ2n) is 4.23. The molecule has 0 aliphatic heterocycles. The second-order valence-corrected chi connectivity index (χ2v) is 4.23. The molecule has 0 aromatic heterocycles. The van der Waals surface area contributed by atoms with Crippen molar-refractivity contribution >= 4 is 11.4 Å². The number of rotatable bonds is 4. The van der Waals surface area contributed by atoms with Gasteiger partial charge in [0.1, 0.15) is 17.3 Å². The van der Waals surface area contributed by atoms with Crippen LogP contribution in [-0.2, 0) is 6.54 Å². The Morgan fingerprint density at radius 3 is 2.76 bits per heavy atom. The molecule has 0 aliphatic carbocycles. The van der Waals surface area contributed by atoms with Gasteiger partial charge in [-0.25, -0.2) is 4.39 Å². The van der Waals surface area contributed by atoms with Gasteiger partial charge in [0, 0.05) is 18.2 Å². The Labute approximate surface area is 119 Å². The van der Waals surface area contributed by atoms with Gasteiger partial charge in [-0.15, -0.1) is 0 Å². The van der Waals surface area contributed by atoms with Crippen LogP contribution in [0.25, 0.3) is 0 Å². The van der Waals surface area contributed by atoms with E-state index >= 15 is 0 Å². The fourth-order valence-electron chi connectivity index (χ4n) is 1.79. The minimum atomic E-state index is -0.616. The summed E-state index contributed by atoms with van der Waals surface area (Å²) in [6.45, 7) is 0.0103. The summed E-state index contributed by atoms with van der Waals surface area (Å²) in [5, 5.41) is 32.1. The number of phenols is 1. The zero-order chi connectivity index (χ0) is 15.4. The van der Waals surface area contributed by atoms with Gasteiger partial charge >= 0.3 is 0 Å². The lowest BCUT2D eigenvalue weighted by Gasteiger charge is -2.09. The first-order valence-corrected chi connectivity index (χ1v) is 5.91. The van der Waals surface area contributed by atoms with E-state index in [4.69, 9.17) is 5.26 Å². The van der Waals surface area contributed by atoms with Crippen molar-refractivity contribution < 1.29 is 14.4 Å². The number of hydrogen-bond acceptors (Lipinski definition) is 5. The quantitative estimate of drug-likeness (QED) is 0.665. The number of nitro benzene ring substituents is 1. The van der Waals surface area contributed by atoms with Gasteiger partial charge in [0.25, 0.3) is 5.69 Å². The summed E-state index contributed by atoms with van der Waals surface area (Å²) in [6.07, 6.45) is 0. The van der Waals surface area contributed by atoms with Crippen molar-refractivity contribution in [3.8, 4) is 11.8 Å². The molecule has 2 N–H and O–H groups in total. The minimum absolute atomic E-state index is 0.0103. The molecule has 0 saturated heterocycles. The Morgan fingerprint density at radius 1 is 1.33 bits per heavy atom. The van der Waals surface area contributed by atoms with Gasteiger partial charge < -0.3 is 10.4 Å². The Morgan fingerprint density at radius 2 is 2.10 bits per heavy atom. The van der Waals surface area contributed by atoms with Gasteiger partial charge in [-0.1, -0.05) is 0 Å². The maximum atomic E-state index is 13.1. The summed E-state index contributed by atoms with van der Waals surface area (Å²) in [5.74, 6) is -0.626. The SMILES string of the molecule is N#Cc1ccc(NCc2cc(F)ccc2O)c([N+](=O)[O-])c1. The van der Waals surface area contributed by atoms with Gasteiger partial charge in [-0.2, -0.15) is 5.26 Å². The van der Waals surface area contributed by atoms with Crippen LogP contribution in [0.15, 0.2) is 36.4 Å². The van der Waals surface area contributed by atoms with E-state index in [0.29, 0.717) is 0 Å². The summed E-state index contributed by atoms with van der Waals surface area (Å²) < 4.78 is 13.1. The summed E-state index contributed by atoms with van der Waals surface area (Å²) in [4.78, 5) is 10.4. The number of halogens is 1. The van der Waals surface area contributed by atoms with Gasteiger partial charge in [0.2, 0.25) is 0 Å². The molecule has 0 amide bonds. The Bertz CT molecular complexity index is 741. The van der Waals surface area contributed by atoms with Crippen LogP contribution in [0.5, 0.6) is 5.75 Å². The maximum Gasteiger partial charge on any atom is 0.293 e. The lowest BCUT2D eigenvalue weighted by molar-refractivity contribution is -0.384. The van der Waals surface area contributed by atoms with Crippen LogP contribution in [0.1, 0.15) is 11.1 Å². The van der Waals surface area contributed by atoms with E-state index in [9.17, 15) is 19.6 Å². The molecule has 0 spiro atoms. The summed E-state index contributed by atoms with van der Waals surface area (Å²) in [5.41, 5.74) is 0.363. The highest BCUT2D eigenvalue weighted by Gasteiger charge is 2.15. The third kappa shape index (κ3) is 3.25. The summed E-state index contributed by atoms with van der Waals surface area (Å²) in [6, 6.07) is 9.25. The van der Waals surface area contributed by atoms with Gasteiger partial charge in [-0.05, 0) is 30.3 Å². The molecule has 21 heavy (non-hydrogen) atoms. The van der Waals surface area contributed by atoms with Crippen molar-refractivity contribution in [3.63, 3.8) is 0 Å². The van der Waals surface area contributed by atoms with E-state index in [1.165, 1.54) is 18.2 Å². The fourth-order valence-corrected chi connectivity index (χ4v) is 1.79. The van der Waals surface area contributed by atoms with E-state index in [2.05, 4.69) is 5.32 Å². The average molecular weight is 287 g/mol. The monoisotopic (exact) mass is 287 g/mol. The van der Waals surface area contributed by atoms with E-state index < -0.39 is 10.7 Å². The summed E-state index contributed by atoms with van der Waals surface area (Å²) in [7, 11) is 0. The van der Waals surface area contributed by atoms with Crippen molar-refractivity contribution in [2.75, 3.05) is 5.32 Å². The highest BCUT2D eigenvalue weighted by molar-refractivity contribution is 5.64. The predicted octanol–water partition coefficient (Wildman–Crippen LogP) is 2.92. The zero-order valence-electron chi connectivity index (χ0n) is 10.7. The topological polar surface area (TPSA) is 99.2 Å². The maximum absolute atomic E-state index is 13.1. The molecule has 2 aromatic carbocycles. The molecular formula is C14H10FN3O3. The van der Waals surface area contributed by atoms with Crippen LogP contribution >= 0.6 is 0 Å². The number of hydrogen-bond donors (Lipinski definition) is 2. The molecule has 0 aliphatic rings. The van der Waals surface area contributed by atoms with Crippen molar-refractivity contribution in [1.29, 1.82) is 5.26 Å². The van der Waals surface area contributed by atoms with E-state index in [-0.39, 0.29) is 34.8 Å². The van der Waals surface area contributed by atoms with Crippen molar-refractivity contribution in [2.45, 2.75) is 6.54 Å². The van der Waals surface area contributed by atoms with Crippen LogP contribution in [0.2, 0.25) is 0 Å². The number of phenolic OH excluding ortho intramolecular Hbond substituents is 1.